The topological polar surface area (TPSA) is 135 Å². The molecule has 0 aliphatic carbocycles. The monoisotopic (exact) mass is 494 g/mol. The van der Waals surface area contributed by atoms with Crippen molar-refractivity contribution in [2.24, 2.45) is 0 Å². The molecule has 32 heavy (non-hydrogen) atoms. The first kappa shape index (κ1) is 30.0. The van der Waals surface area contributed by atoms with E-state index in [0.29, 0.717) is 5.56 Å². The maximum absolute atomic E-state index is 11.5. The van der Waals surface area contributed by atoms with Crippen molar-refractivity contribution in [2.75, 3.05) is 0 Å². The number of aryl methyl sites for hydroxylation is 1. The zero-order valence-corrected chi connectivity index (χ0v) is 23.7. The predicted molar refractivity (Wildman–Crippen MR) is 115 cm³/mol. The molecule has 0 saturated heterocycles. The molecule has 0 aromatic heterocycles. The van der Waals surface area contributed by atoms with E-state index in [1.165, 1.54) is 0 Å². The van der Waals surface area contributed by atoms with Crippen molar-refractivity contribution in [2.45, 2.75) is 17.9 Å². The van der Waals surface area contributed by atoms with Gasteiger partial charge in [-0.05, 0) is 34.2 Å². The van der Waals surface area contributed by atoms with Crippen LogP contribution in [0.1, 0.15) is 12.0 Å². The first-order valence-electron chi connectivity index (χ1n) is 9.10. The second-order valence-electron chi connectivity index (χ2n) is 7.01. The van der Waals surface area contributed by atoms with Crippen LogP contribution in [0.2, 0.25) is 0 Å². The molecule has 3 aromatic carbocycles. The van der Waals surface area contributed by atoms with Gasteiger partial charge in [0, 0.05) is 6.42 Å². The summed E-state index contributed by atoms with van der Waals surface area (Å²) in [5, 5.41) is 6.64. The second kappa shape index (κ2) is 12.1. The third-order valence-corrected chi connectivity index (χ3v) is 8.81. The summed E-state index contributed by atoms with van der Waals surface area (Å²) in [4.78, 5) is 37.1. The largest absolute Gasteiger partial charge is 1.00 e. The Hall–Kier alpha value is -0.0800. The zero-order valence-electron chi connectivity index (χ0n) is 17.9. The van der Waals surface area contributed by atoms with Crippen LogP contribution in [0.3, 0.4) is 0 Å². The van der Waals surface area contributed by atoms with Crippen LogP contribution in [0, 0.1) is 0 Å². The minimum atomic E-state index is -5.46. The molecule has 0 spiro atoms. The summed E-state index contributed by atoms with van der Waals surface area (Å²) in [7, 11) is -10.9. The molecule has 0 bridgehead atoms. The quantitative estimate of drug-likeness (QED) is 0.189. The van der Waals surface area contributed by atoms with Crippen LogP contribution >= 0.6 is 15.2 Å². The molecule has 0 aliphatic heterocycles. The molecule has 0 amide bonds. The van der Waals surface area contributed by atoms with Crippen molar-refractivity contribution in [3.8, 4) is 22.3 Å². The maximum Gasteiger partial charge on any atom is 1.00 e. The fourth-order valence-corrected chi connectivity index (χ4v) is 5.33. The van der Waals surface area contributed by atoms with Gasteiger partial charge in [-0.25, -0.2) is 0 Å². The van der Waals surface area contributed by atoms with E-state index in [1.54, 1.807) is 18.2 Å². The maximum atomic E-state index is 11.5. The fraction of sp³-hybridized carbons (Fsp3) is 0.143. The number of benzene rings is 3. The van der Waals surface area contributed by atoms with E-state index in [4.69, 9.17) is 0 Å². The minimum Gasteiger partial charge on any atom is -0.368 e. The Bertz CT molecular complexity index is 1090. The van der Waals surface area contributed by atoms with Crippen LogP contribution in [0.5, 0.6) is 0 Å². The molecule has 0 heterocycles. The van der Waals surface area contributed by atoms with E-state index in [9.17, 15) is 33.8 Å². The van der Waals surface area contributed by atoms with Crippen molar-refractivity contribution in [1.82, 2.24) is 0 Å². The van der Waals surface area contributed by atoms with E-state index in [-0.39, 0.29) is 65.5 Å². The Morgan fingerprint density at radius 2 is 1.06 bits per heavy atom. The molecule has 0 saturated carbocycles. The van der Waals surface area contributed by atoms with Gasteiger partial charge in [0.15, 0.2) is 0 Å². The predicted octanol–water partition coefficient (Wildman–Crippen LogP) is -2.04. The molecule has 3 aromatic rings. The summed E-state index contributed by atoms with van der Waals surface area (Å²) in [5.74, 6) is 0. The van der Waals surface area contributed by atoms with Crippen LogP contribution in [0.4, 0.5) is 0 Å². The molecular weight excluding hydrogens is 472 g/mol. The molecule has 11 heteroatoms. The minimum absolute atomic E-state index is 0. The second-order valence-corrected chi connectivity index (χ2v) is 11.0. The van der Waals surface area contributed by atoms with Gasteiger partial charge in [0.05, 0.1) is 0 Å². The normalized spacial score (nSPS) is 11.9. The number of hydrogen-bond donors (Lipinski definition) is 5. The summed E-state index contributed by atoms with van der Waals surface area (Å²) in [6, 6.07) is 24.8. The molecule has 0 fully saturated rings. The average Bonchev–Trinajstić information content (AvgIpc) is 2.71. The SMILES string of the molecule is O=P(O)(O)C(O)(CCc1cccc(-c2ccc(-c3ccccc3)cc2)c1)P(=O)(O)O.[Na+].[Na+]. The molecule has 0 aliphatic rings. The van der Waals surface area contributed by atoms with Crippen LogP contribution < -0.4 is 59.1 Å². The van der Waals surface area contributed by atoms with Gasteiger partial charge in [0.1, 0.15) is 0 Å². The molecule has 0 radical (unpaired) electrons. The fourth-order valence-electron chi connectivity index (χ4n) is 3.17. The van der Waals surface area contributed by atoms with E-state index in [2.05, 4.69) is 0 Å². The summed E-state index contributed by atoms with van der Waals surface area (Å²) < 4.78 is 23.0. The zero-order chi connectivity index (χ0) is 22.0. The standard InChI is InChI=1S/C21H22O7P2.2Na/c22-21(29(23,24)25,30(26,27)28)14-13-16-5-4-8-20(15-16)19-11-9-18(10-12-19)17-6-2-1-3-7-17;;/h1-12,15,22H,13-14H2,(H2,23,24,25)(H2,26,27,28);;/q;2*+1. The van der Waals surface area contributed by atoms with Gasteiger partial charge in [-0.3, -0.25) is 9.13 Å². The summed E-state index contributed by atoms with van der Waals surface area (Å²) in [5.41, 5.74) is 4.48. The molecule has 7 nitrogen and oxygen atoms in total. The van der Waals surface area contributed by atoms with E-state index < -0.39 is 26.7 Å². The Kier molecular flexibility index (Phi) is 11.3. The van der Waals surface area contributed by atoms with E-state index in [0.717, 1.165) is 22.3 Å². The van der Waals surface area contributed by atoms with Gasteiger partial charge in [-0.15, -0.1) is 0 Å². The van der Waals surface area contributed by atoms with Crippen LogP contribution in [0.15, 0.2) is 78.9 Å². The van der Waals surface area contributed by atoms with Gasteiger partial charge in [0.25, 0.3) is 5.08 Å². The third kappa shape index (κ3) is 6.97. The number of hydrogen-bond acceptors (Lipinski definition) is 3. The first-order chi connectivity index (χ1) is 14.0. The summed E-state index contributed by atoms with van der Waals surface area (Å²) in [6.07, 6.45) is -0.902. The molecule has 0 atom stereocenters. The van der Waals surface area contributed by atoms with E-state index in [1.807, 2.05) is 60.7 Å². The van der Waals surface area contributed by atoms with Gasteiger partial charge in [-0.2, -0.15) is 0 Å². The molecule has 0 unspecified atom stereocenters. The van der Waals surface area contributed by atoms with Gasteiger partial charge < -0.3 is 24.7 Å². The van der Waals surface area contributed by atoms with E-state index >= 15 is 0 Å². The van der Waals surface area contributed by atoms with Crippen molar-refractivity contribution in [3.63, 3.8) is 0 Å². The Labute approximate surface area is 230 Å². The van der Waals surface area contributed by atoms with Crippen molar-refractivity contribution in [3.05, 3.63) is 84.4 Å². The summed E-state index contributed by atoms with van der Waals surface area (Å²) >= 11 is 0. The molecule has 158 valence electrons. The van der Waals surface area contributed by atoms with Gasteiger partial charge in [0.2, 0.25) is 0 Å². The van der Waals surface area contributed by atoms with Gasteiger partial charge >= 0.3 is 74.3 Å². The van der Waals surface area contributed by atoms with Gasteiger partial charge in [-0.1, -0.05) is 78.9 Å². The van der Waals surface area contributed by atoms with Crippen molar-refractivity contribution in [1.29, 1.82) is 0 Å². The smallest absolute Gasteiger partial charge is 0.368 e. The Morgan fingerprint density at radius 3 is 1.56 bits per heavy atom. The molecule has 3 rings (SSSR count). The first-order valence-corrected chi connectivity index (χ1v) is 12.3. The Morgan fingerprint density at radius 1 is 0.625 bits per heavy atom. The van der Waals surface area contributed by atoms with Crippen molar-refractivity contribution >= 4 is 15.2 Å². The van der Waals surface area contributed by atoms with Crippen LogP contribution in [-0.4, -0.2) is 29.8 Å². The van der Waals surface area contributed by atoms with Crippen molar-refractivity contribution < 1.29 is 92.9 Å². The third-order valence-electron chi connectivity index (χ3n) is 4.93. The summed E-state index contributed by atoms with van der Waals surface area (Å²) in [6.45, 7) is 0. The number of rotatable bonds is 7. The van der Waals surface area contributed by atoms with Crippen LogP contribution in [0.25, 0.3) is 22.3 Å². The molecular formula is C21H22Na2O7P2+2. The van der Waals surface area contributed by atoms with Crippen LogP contribution in [-0.2, 0) is 15.6 Å². The average molecular weight is 494 g/mol. The Balaban J connectivity index is 0.00000256. The molecule has 5 N–H and O–H groups in total. The number of aliphatic hydroxyl groups is 1.